The number of alkyl carbamates (subject to hydrolysis) is 1. The van der Waals surface area contributed by atoms with E-state index in [0.29, 0.717) is 30.6 Å². The summed E-state index contributed by atoms with van der Waals surface area (Å²) >= 11 is 0. The number of rotatable bonds is 14. The number of nitro benzene ring substituents is 1. The molecule has 0 radical (unpaired) electrons. The SMILES string of the molecule is CC(C)(NC(=O)C1CCCN(C(=O)[C@H](Cc2cnc[nH]2)NC(=O)OCc2ccccc2)C1)C(=O)N[C@@H](Cc1ccc([N+](=O)[O-])cc1)C(=O)O. The van der Waals surface area contributed by atoms with Crippen molar-refractivity contribution in [3.8, 4) is 0 Å². The third-order valence-electron chi connectivity index (χ3n) is 8.08. The van der Waals surface area contributed by atoms with Crippen LogP contribution >= 0.6 is 0 Å². The summed E-state index contributed by atoms with van der Waals surface area (Å²) in [6.45, 7) is 3.25. The van der Waals surface area contributed by atoms with E-state index in [9.17, 15) is 39.2 Å². The largest absolute Gasteiger partial charge is 0.480 e. The first-order valence-electron chi connectivity index (χ1n) is 15.6. The molecule has 3 aromatic rings. The van der Waals surface area contributed by atoms with Gasteiger partial charge in [-0.25, -0.2) is 14.6 Å². The highest BCUT2D eigenvalue weighted by Gasteiger charge is 2.38. The van der Waals surface area contributed by atoms with Crippen LogP contribution in [0.2, 0.25) is 0 Å². The molecule has 1 aromatic heterocycles. The lowest BCUT2D eigenvalue weighted by molar-refractivity contribution is -0.384. The fourth-order valence-electron chi connectivity index (χ4n) is 5.33. The number of non-ortho nitro benzene ring substituents is 1. The molecule has 260 valence electrons. The van der Waals surface area contributed by atoms with Crippen molar-refractivity contribution in [1.29, 1.82) is 0 Å². The van der Waals surface area contributed by atoms with Gasteiger partial charge in [0, 0.05) is 50.0 Å². The molecule has 0 saturated carbocycles. The number of nitrogens with one attached hydrogen (secondary N) is 4. The number of imidazole rings is 1. The number of nitrogens with zero attached hydrogens (tertiary/aromatic N) is 3. The number of H-pyrrole nitrogens is 1. The van der Waals surface area contributed by atoms with E-state index in [4.69, 9.17) is 4.74 Å². The fraction of sp³-hybridized carbons (Fsp3) is 0.394. The average molecular weight is 678 g/mol. The molecule has 1 unspecified atom stereocenters. The zero-order valence-electron chi connectivity index (χ0n) is 27.1. The molecule has 5 N–H and O–H groups in total. The van der Waals surface area contributed by atoms with Crippen molar-refractivity contribution in [3.63, 3.8) is 0 Å². The van der Waals surface area contributed by atoms with Gasteiger partial charge >= 0.3 is 12.1 Å². The number of hydrogen-bond donors (Lipinski definition) is 5. The zero-order valence-corrected chi connectivity index (χ0v) is 27.1. The summed E-state index contributed by atoms with van der Waals surface area (Å²) in [5.41, 5.74) is 0.154. The molecular weight excluding hydrogens is 638 g/mol. The normalized spacial score (nSPS) is 15.7. The highest BCUT2D eigenvalue weighted by molar-refractivity contribution is 5.94. The van der Waals surface area contributed by atoms with E-state index in [2.05, 4.69) is 25.9 Å². The highest BCUT2D eigenvalue weighted by Crippen LogP contribution is 2.20. The Morgan fingerprint density at radius 1 is 1.04 bits per heavy atom. The van der Waals surface area contributed by atoms with Crippen molar-refractivity contribution < 1.29 is 38.7 Å². The molecule has 4 amide bonds. The standard InChI is InChI=1S/C33H39N7O9/c1-33(2,31(45)36-27(30(43)44)15-21-10-12-25(13-11-21)40(47)48)38-28(41)23-9-6-14-39(18-23)29(42)26(16-24-17-34-20-35-24)37-32(46)49-19-22-7-4-3-5-8-22/h3-5,7-8,10-13,17,20,23,26-27H,6,9,14-16,18-19H2,1-2H3,(H,34,35)(H,36,45)(H,37,46)(H,38,41)(H,43,44)/t23?,26-,27-/m0/s1. The zero-order chi connectivity index (χ0) is 35.6. The maximum absolute atomic E-state index is 13.7. The Bertz CT molecular complexity index is 1630. The lowest BCUT2D eigenvalue weighted by Crippen LogP contribution is -2.60. The molecule has 3 atom stereocenters. The summed E-state index contributed by atoms with van der Waals surface area (Å²) in [4.78, 5) is 83.7. The van der Waals surface area contributed by atoms with Crippen LogP contribution in [-0.4, -0.2) is 85.4 Å². The first-order chi connectivity index (χ1) is 23.3. The fourth-order valence-corrected chi connectivity index (χ4v) is 5.33. The number of carboxylic acid groups (broad SMARTS) is 1. The van der Waals surface area contributed by atoms with Crippen molar-refractivity contribution in [2.75, 3.05) is 13.1 Å². The third kappa shape index (κ3) is 10.3. The molecule has 1 aliphatic heterocycles. The van der Waals surface area contributed by atoms with Crippen LogP contribution in [0, 0.1) is 16.0 Å². The van der Waals surface area contributed by atoms with Gasteiger partial charge < -0.3 is 35.7 Å². The Labute approximate surface area is 281 Å². The highest BCUT2D eigenvalue weighted by atomic mass is 16.6. The molecule has 16 heteroatoms. The lowest BCUT2D eigenvalue weighted by Gasteiger charge is -2.36. The molecule has 2 aromatic carbocycles. The number of carbonyl (C=O) groups is 5. The number of carbonyl (C=O) groups excluding carboxylic acids is 4. The van der Waals surface area contributed by atoms with Crippen LogP contribution in [0.25, 0.3) is 0 Å². The van der Waals surface area contributed by atoms with E-state index < -0.39 is 58.2 Å². The minimum Gasteiger partial charge on any atom is -0.480 e. The van der Waals surface area contributed by atoms with E-state index in [1.54, 1.807) is 12.1 Å². The number of aromatic nitrogens is 2. The van der Waals surface area contributed by atoms with E-state index in [1.165, 1.54) is 55.5 Å². The molecule has 16 nitrogen and oxygen atoms in total. The van der Waals surface area contributed by atoms with Crippen LogP contribution in [0.15, 0.2) is 67.1 Å². The topological polar surface area (TPSA) is 226 Å². The van der Waals surface area contributed by atoms with E-state index in [-0.39, 0.29) is 31.7 Å². The number of aromatic amines is 1. The monoisotopic (exact) mass is 677 g/mol. The minimum atomic E-state index is -1.53. The second-order valence-corrected chi connectivity index (χ2v) is 12.3. The molecule has 0 spiro atoms. The molecule has 0 aliphatic carbocycles. The van der Waals surface area contributed by atoms with Gasteiger partial charge in [0.1, 0.15) is 24.2 Å². The second-order valence-electron chi connectivity index (χ2n) is 12.3. The Balaban J connectivity index is 1.36. The Morgan fingerprint density at radius 3 is 2.39 bits per heavy atom. The number of nitro groups is 1. The quantitative estimate of drug-likeness (QED) is 0.123. The first kappa shape index (κ1) is 36.0. The number of benzene rings is 2. The molecule has 4 rings (SSSR count). The number of ether oxygens (including phenoxy) is 1. The molecule has 2 heterocycles. The van der Waals surface area contributed by atoms with Gasteiger partial charge in [0.25, 0.3) is 5.69 Å². The van der Waals surface area contributed by atoms with Crippen molar-refractivity contribution >= 4 is 35.5 Å². The van der Waals surface area contributed by atoms with Gasteiger partial charge in [0.05, 0.1) is 17.2 Å². The summed E-state index contributed by atoms with van der Waals surface area (Å²) in [5.74, 6) is -3.68. The molecule has 1 fully saturated rings. The average Bonchev–Trinajstić information content (AvgIpc) is 3.60. The molecule has 49 heavy (non-hydrogen) atoms. The van der Waals surface area contributed by atoms with E-state index >= 15 is 0 Å². The smallest absolute Gasteiger partial charge is 0.408 e. The van der Waals surface area contributed by atoms with Crippen LogP contribution in [0.4, 0.5) is 10.5 Å². The van der Waals surface area contributed by atoms with Crippen molar-refractivity contribution in [3.05, 3.63) is 94.1 Å². The number of hydrogen-bond acceptors (Lipinski definition) is 9. The predicted octanol–water partition coefficient (Wildman–Crippen LogP) is 2.10. The minimum absolute atomic E-state index is 0.0111. The second kappa shape index (κ2) is 16.3. The Hall–Kier alpha value is -5.80. The van der Waals surface area contributed by atoms with Crippen LogP contribution in [0.1, 0.15) is 43.5 Å². The number of piperidine rings is 1. The molecule has 1 aliphatic rings. The number of carboxylic acids is 1. The van der Waals surface area contributed by atoms with Crippen LogP contribution in [0.3, 0.4) is 0 Å². The first-order valence-corrected chi connectivity index (χ1v) is 15.6. The van der Waals surface area contributed by atoms with Gasteiger partial charge in [0.15, 0.2) is 0 Å². The maximum Gasteiger partial charge on any atom is 0.408 e. The number of aliphatic carboxylic acids is 1. The predicted molar refractivity (Wildman–Crippen MR) is 174 cm³/mol. The van der Waals surface area contributed by atoms with Crippen molar-refractivity contribution in [2.24, 2.45) is 5.92 Å². The van der Waals surface area contributed by atoms with Gasteiger partial charge in [-0.2, -0.15) is 0 Å². The van der Waals surface area contributed by atoms with Gasteiger partial charge in [-0.1, -0.05) is 42.5 Å². The maximum atomic E-state index is 13.7. The van der Waals surface area contributed by atoms with Crippen LogP contribution in [0.5, 0.6) is 0 Å². The summed E-state index contributed by atoms with van der Waals surface area (Å²) in [5, 5.41) is 28.4. The van der Waals surface area contributed by atoms with E-state index in [1.807, 2.05) is 18.2 Å². The summed E-state index contributed by atoms with van der Waals surface area (Å²) in [6.07, 6.45) is 3.09. The van der Waals surface area contributed by atoms with E-state index in [0.717, 1.165) is 5.56 Å². The van der Waals surface area contributed by atoms with Crippen LogP contribution in [-0.2, 0) is 43.4 Å². The van der Waals surface area contributed by atoms with Crippen LogP contribution < -0.4 is 16.0 Å². The third-order valence-corrected chi connectivity index (χ3v) is 8.08. The molecule has 1 saturated heterocycles. The molecule has 0 bridgehead atoms. The van der Waals surface area contributed by atoms with Gasteiger partial charge in [-0.3, -0.25) is 24.5 Å². The van der Waals surface area contributed by atoms with Gasteiger partial charge in [0.2, 0.25) is 17.7 Å². The van der Waals surface area contributed by atoms with Gasteiger partial charge in [-0.15, -0.1) is 0 Å². The van der Waals surface area contributed by atoms with Crippen molar-refractivity contribution in [2.45, 2.75) is 63.8 Å². The summed E-state index contributed by atoms with van der Waals surface area (Å²) in [6, 6.07) is 12.0. The Kier molecular flexibility index (Phi) is 12.0. The number of amides is 4. The van der Waals surface area contributed by atoms with Crippen molar-refractivity contribution in [1.82, 2.24) is 30.8 Å². The lowest BCUT2D eigenvalue weighted by atomic mass is 9.94. The Morgan fingerprint density at radius 2 is 1.76 bits per heavy atom. The molecular formula is C33H39N7O9. The van der Waals surface area contributed by atoms with Gasteiger partial charge in [-0.05, 0) is 37.8 Å². The number of likely N-dealkylation sites (tertiary alicyclic amines) is 1. The summed E-state index contributed by atoms with van der Waals surface area (Å²) in [7, 11) is 0. The summed E-state index contributed by atoms with van der Waals surface area (Å²) < 4.78 is 5.33.